The van der Waals surface area contributed by atoms with Crippen LogP contribution in [0.4, 0.5) is 4.79 Å². The first-order valence-corrected chi connectivity index (χ1v) is 14.0. The van der Waals surface area contributed by atoms with Gasteiger partial charge in [0, 0.05) is 6.61 Å². The normalized spacial score (nSPS) is 19.0. The van der Waals surface area contributed by atoms with Crippen LogP contribution in [0.25, 0.3) is 0 Å². The molecular formula is C25H41NO5Si. The third-order valence-corrected chi connectivity index (χ3v) is 13.1. The van der Waals surface area contributed by atoms with Gasteiger partial charge in [0.05, 0.1) is 18.1 Å². The summed E-state index contributed by atoms with van der Waals surface area (Å²) in [4.78, 5) is 26.6. The summed E-state index contributed by atoms with van der Waals surface area (Å²) in [6.07, 6.45) is -0.612. The minimum absolute atomic E-state index is 0.177. The number of aliphatic hydroxyl groups excluding tert-OH is 1. The Hall–Kier alpha value is -1.70. The molecule has 1 aliphatic rings. The summed E-state index contributed by atoms with van der Waals surface area (Å²) in [6.45, 7) is 15.6. The summed E-state index contributed by atoms with van der Waals surface area (Å²) in [6, 6.07) is 9.37. The fourth-order valence-electron chi connectivity index (χ4n) is 5.26. The van der Waals surface area contributed by atoms with E-state index in [4.69, 9.17) is 9.16 Å². The predicted molar refractivity (Wildman–Crippen MR) is 129 cm³/mol. The molecule has 7 heteroatoms. The van der Waals surface area contributed by atoms with Crippen LogP contribution in [0.3, 0.4) is 0 Å². The molecule has 1 aromatic carbocycles. The molecule has 32 heavy (non-hydrogen) atoms. The largest absolute Gasteiger partial charge is 0.447 e. The van der Waals surface area contributed by atoms with Crippen LogP contribution in [0.1, 0.15) is 60.5 Å². The molecule has 0 saturated carbocycles. The number of carbonyl (C=O) groups is 2. The Labute approximate surface area is 194 Å². The van der Waals surface area contributed by atoms with Gasteiger partial charge in [-0.05, 0) is 35.0 Å². The average Bonchev–Trinajstić information content (AvgIpc) is 3.09. The third kappa shape index (κ3) is 5.80. The summed E-state index contributed by atoms with van der Waals surface area (Å²) >= 11 is 0. The van der Waals surface area contributed by atoms with Crippen molar-refractivity contribution < 1.29 is 23.9 Å². The number of benzene rings is 1. The Bertz CT molecular complexity index is 730. The molecule has 0 bridgehead atoms. The molecule has 1 aromatic rings. The highest BCUT2D eigenvalue weighted by Crippen LogP contribution is 2.42. The van der Waals surface area contributed by atoms with Crippen LogP contribution < -0.4 is 0 Å². The van der Waals surface area contributed by atoms with E-state index in [-0.39, 0.29) is 18.6 Å². The molecule has 3 atom stereocenters. The van der Waals surface area contributed by atoms with E-state index in [9.17, 15) is 14.7 Å². The highest BCUT2D eigenvalue weighted by Gasteiger charge is 2.45. The van der Waals surface area contributed by atoms with Crippen molar-refractivity contribution >= 4 is 20.3 Å². The second-order valence-corrected chi connectivity index (χ2v) is 15.4. The summed E-state index contributed by atoms with van der Waals surface area (Å²) in [5.41, 5.74) is 2.40. The van der Waals surface area contributed by atoms with Gasteiger partial charge >= 0.3 is 6.09 Å². The molecule has 0 spiro atoms. The smallest absolute Gasteiger partial charge is 0.416 e. The summed E-state index contributed by atoms with van der Waals surface area (Å²) in [5, 5.41) is 10.8. The van der Waals surface area contributed by atoms with E-state index >= 15 is 0 Å². The molecule has 1 heterocycles. The lowest BCUT2D eigenvalue weighted by Gasteiger charge is -2.42. The Balaban J connectivity index is 2.00. The first-order valence-electron chi connectivity index (χ1n) is 11.9. The van der Waals surface area contributed by atoms with Crippen LogP contribution in [0.15, 0.2) is 30.3 Å². The first-order chi connectivity index (χ1) is 15.0. The van der Waals surface area contributed by atoms with Crippen molar-refractivity contribution in [2.75, 3.05) is 13.2 Å². The number of hydrogen-bond donors (Lipinski definition) is 1. The van der Waals surface area contributed by atoms with Crippen LogP contribution in [0.2, 0.25) is 16.6 Å². The maximum atomic E-state index is 13.1. The number of ether oxygens (including phenoxy) is 1. The van der Waals surface area contributed by atoms with Crippen molar-refractivity contribution in [1.29, 1.82) is 0 Å². The van der Waals surface area contributed by atoms with Gasteiger partial charge in [-0.15, -0.1) is 0 Å². The molecule has 1 fully saturated rings. The topological polar surface area (TPSA) is 76.1 Å². The number of amides is 2. The van der Waals surface area contributed by atoms with Crippen molar-refractivity contribution in [3.8, 4) is 0 Å². The van der Waals surface area contributed by atoms with Gasteiger partial charge in [0.2, 0.25) is 5.91 Å². The number of aliphatic hydroxyl groups is 1. The van der Waals surface area contributed by atoms with E-state index in [0.717, 1.165) is 5.56 Å². The third-order valence-electron chi connectivity index (χ3n) is 6.95. The minimum atomic E-state index is -2.03. The maximum absolute atomic E-state index is 13.1. The van der Waals surface area contributed by atoms with Crippen molar-refractivity contribution in [3.63, 3.8) is 0 Å². The van der Waals surface area contributed by atoms with Gasteiger partial charge in [-0.2, -0.15) is 0 Å². The Morgan fingerprint density at radius 3 is 2.19 bits per heavy atom. The van der Waals surface area contributed by atoms with Gasteiger partial charge in [-0.1, -0.05) is 78.8 Å². The first kappa shape index (κ1) is 26.5. The lowest BCUT2D eigenvalue weighted by molar-refractivity contribution is -0.136. The van der Waals surface area contributed by atoms with E-state index in [0.29, 0.717) is 36.1 Å². The van der Waals surface area contributed by atoms with Gasteiger partial charge < -0.3 is 14.3 Å². The highest BCUT2D eigenvalue weighted by atomic mass is 28.4. The fourth-order valence-corrected chi connectivity index (χ4v) is 10.7. The fraction of sp³-hybridized carbons (Fsp3) is 0.680. The van der Waals surface area contributed by atoms with Crippen LogP contribution in [-0.2, 0) is 20.4 Å². The zero-order valence-electron chi connectivity index (χ0n) is 20.7. The molecule has 1 aliphatic heterocycles. The molecule has 0 aromatic heterocycles. The highest BCUT2D eigenvalue weighted by molar-refractivity contribution is 6.77. The summed E-state index contributed by atoms with van der Waals surface area (Å²) < 4.78 is 11.7. The van der Waals surface area contributed by atoms with E-state index in [1.807, 2.05) is 30.3 Å². The molecule has 2 amide bonds. The Kier molecular flexibility index (Phi) is 9.49. The summed E-state index contributed by atoms with van der Waals surface area (Å²) in [5.74, 6) is -1.10. The van der Waals surface area contributed by atoms with Crippen molar-refractivity contribution in [2.24, 2.45) is 5.92 Å². The molecule has 1 N–H and O–H groups in total. The predicted octanol–water partition coefficient (Wildman–Crippen LogP) is 5.16. The molecule has 0 unspecified atom stereocenters. The molecule has 0 radical (unpaired) electrons. The molecule has 1 saturated heterocycles. The van der Waals surface area contributed by atoms with Crippen LogP contribution >= 0.6 is 0 Å². The molecular weight excluding hydrogens is 422 g/mol. The zero-order chi connectivity index (χ0) is 24.1. The van der Waals surface area contributed by atoms with E-state index in [1.54, 1.807) is 6.92 Å². The summed E-state index contributed by atoms with van der Waals surface area (Å²) in [7, 11) is -2.03. The van der Waals surface area contributed by atoms with E-state index in [1.165, 1.54) is 4.90 Å². The van der Waals surface area contributed by atoms with Crippen LogP contribution in [0, 0.1) is 5.92 Å². The molecule has 2 rings (SSSR count). The molecule has 180 valence electrons. The van der Waals surface area contributed by atoms with Crippen LogP contribution in [0.5, 0.6) is 0 Å². The van der Waals surface area contributed by atoms with Crippen molar-refractivity contribution in [2.45, 2.75) is 90.1 Å². The number of carbonyl (C=O) groups excluding carboxylic acids is 2. The quantitative estimate of drug-likeness (QED) is 0.459. The average molecular weight is 464 g/mol. The van der Waals surface area contributed by atoms with Gasteiger partial charge in [0.25, 0.3) is 0 Å². The van der Waals surface area contributed by atoms with E-state index in [2.05, 4.69) is 41.5 Å². The Morgan fingerprint density at radius 1 is 1.09 bits per heavy atom. The lowest BCUT2D eigenvalue weighted by atomic mass is 9.99. The molecule has 0 aliphatic carbocycles. The SMILES string of the molecule is CC(C)[Si](OCC[C@@H](O)[C@H](C)C(=O)N1C(=O)OC[C@@H]1Cc1ccccc1)(C(C)C)C(C)C. The second kappa shape index (κ2) is 11.4. The minimum Gasteiger partial charge on any atom is -0.447 e. The van der Waals surface area contributed by atoms with Crippen molar-refractivity contribution in [1.82, 2.24) is 4.90 Å². The number of cyclic esters (lactones) is 1. The monoisotopic (exact) mass is 463 g/mol. The lowest BCUT2D eigenvalue weighted by Crippen LogP contribution is -2.49. The Morgan fingerprint density at radius 2 is 1.66 bits per heavy atom. The number of imide groups is 1. The number of nitrogens with zero attached hydrogens (tertiary/aromatic N) is 1. The van der Waals surface area contributed by atoms with Crippen LogP contribution in [-0.4, -0.2) is 55.7 Å². The maximum Gasteiger partial charge on any atom is 0.416 e. The zero-order valence-corrected chi connectivity index (χ0v) is 21.7. The van der Waals surface area contributed by atoms with Gasteiger partial charge in [0.15, 0.2) is 8.32 Å². The van der Waals surface area contributed by atoms with Gasteiger partial charge in [-0.25, -0.2) is 9.69 Å². The number of rotatable bonds is 11. The van der Waals surface area contributed by atoms with Gasteiger partial charge in [-0.3, -0.25) is 4.79 Å². The van der Waals surface area contributed by atoms with Crippen molar-refractivity contribution in [3.05, 3.63) is 35.9 Å². The molecule has 6 nitrogen and oxygen atoms in total. The number of hydrogen-bond acceptors (Lipinski definition) is 5. The van der Waals surface area contributed by atoms with Gasteiger partial charge in [0.1, 0.15) is 6.61 Å². The standard InChI is InChI=1S/C25H41NO5Si/c1-17(2)32(18(3)4,19(5)6)31-14-13-23(27)20(7)24(28)26-22(16-30-25(26)29)15-21-11-9-8-10-12-21/h8-12,17-20,22-23,27H,13-16H2,1-7H3/t20-,22-,23+/m0/s1. The second-order valence-electron chi connectivity index (χ2n) is 9.94. The van der Waals surface area contributed by atoms with E-state index < -0.39 is 26.4 Å².